The number of carbonyl (C=O) groups excluding carboxylic acids is 1. The number of carbonyl (C=O) groups is 1. The Bertz CT molecular complexity index is 915. The Labute approximate surface area is 176 Å². The van der Waals surface area contributed by atoms with Crippen LogP contribution in [0.2, 0.25) is 0 Å². The first-order valence-electron chi connectivity index (χ1n) is 8.90. The maximum atomic E-state index is 12.7. The third kappa shape index (κ3) is 5.20. The first-order valence-corrected chi connectivity index (χ1v) is 10.6. The van der Waals surface area contributed by atoms with Crippen LogP contribution < -0.4 is 5.32 Å². The number of nitrogens with zero attached hydrogens (tertiary/aromatic N) is 3. The fourth-order valence-corrected chi connectivity index (χ4v) is 3.68. The number of hydrogen-bond donors (Lipinski definition) is 1. The van der Waals surface area contributed by atoms with E-state index in [1.807, 2.05) is 57.2 Å². The fourth-order valence-electron chi connectivity index (χ4n) is 2.53. The molecule has 1 N–H and O–H groups in total. The Morgan fingerprint density at radius 3 is 2.43 bits per heavy atom. The molecule has 2 atom stereocenters. The largest absolute Gasteiger partial charge is 0.343 e. The number of nitrogens with one attached hydrogen (secondary N) is 1. The molecule has 1 aromatic carbocycles. The van der Waals surface area contributed by atoms with E-state index in [4.69, 9.17) is 4.52 Å². The van der Waals surface area contributed by atoms with Crippen molar-refractivity contribution >= 4 is 33.6 Å². The second kappa shape index (κ2) is 9.34. The SMILES string of the molecule is CC(Sc1ccc(Br)cc1)C(=O)NC(c1nc(-c2ccncc2)no1)C(C)C. The van der Waals surface area contributed by atoms with Gasteiger partial charge in [-0.15, -0.1) is 11.8 Å². The lowest BCUT2D eigenvalue weighted by atomic mass is 10.0. The molecule has 146 valence electrons. The second-order valence-corrected chi connectivity index (χ2v) is 8.97. The van der Waals surface area contributed by atoms with Crippen molar-refractivity contribution in [1.82, 2.24) is 20.4 Å². The summed E-state index contributed by atoms with van der Waals surface area (Å²) in [6.45, 7) is 5.90. The van der Waals surface area contributed by atoms with E-state index >= 15 is 0 Å². The Morgan fingerprint density at radius 2 is 1.79 bits per heavy atom. The first kappa shape index (κ1) is 20.5. The molecule has 0 spiro atoms. The molecule has 3 aromatic rings. The summed E-state index contributed by atoms with van der Waals surface area (Å²) in [7, 11) is 0. The predicted octanol–water partition coefficient (Wildman–Crippen LogP) is 4.89. The Morgan fingerprint density at radius 1 is 1.11 bits per heavy atom. The van der Waals surface area contributed by atoms with Crippen LogP contribution in [0.4, 0.5) is 0 Å². The van der Waals surface area contributed by atoms with E-state index in [2.05, 4.69) is 36.4 Å². The topological polar surface area (TPSA) is 80.9 Å². The maximum Gasteiger partial charge on any atom is 0.249 e. The van der Waals surface area contributed by atoms with E-state index in [0.29, 0.717) is 11.7 Å². The summed E-state index contributed by atoms with van der Waals surface area (Å²) in [5, 5.41) is 6.84. The molecule has 28 heavy (non-hydrogen) atoms. The molecule has 0 bridgehead atoms. The standard InChI is InChI=1S/C20H21BrN4O2S/c1-12(2)17(20-24-18(25-27-20)14-8-10-22-11-9-14)23-19(26)13(3)28-16-6-4-15(21)5-7-16/h4-13,17H,1-3H3,(H,23,26). The van der Waals surface area contributed by atoms with Gasteiger partial charge in [0.25, 0.3) is 0 Å². The van der Waals surface area contributed by atoms with Gasteiger partial charge in [0, 0.05) is 27.3 Å². The molecule has 0 saturated carbocycles. The lowest BCUT2D eigenvalue weighted by Crippen LogP contribution is -2.36. The molecular formula is C20H21BrN4O2S. The minimum Gasteiger partial charge on any atom is -0.343 e. The normalized spacial score (nSPS) is 13.3. The highest BCUT2D eigenvalue weighted by molar-refractivity contribution is 9.10. The van der Waals surface area contributed by atoms with E-state index < -0.39 is 0 Å². The van der Waals surface area contributed by atoms with Crippen LogP contribution in [-0.4, -0.2) is 26.3 Å². The van der Waals surface area contributed by atoms with Gasteiger partial charge in [-0.05, 0) is 49.2 Å². The van der Waals surface area contributed by atoms with Crippen molar-refractivity contribution in [2.75, 3.05) is 0 Å². The summed E-state index contributed by atoms with van der Waals surface area (Å²) in [5.41, 5.74) is 0.818. The molecule has 2 heterocycles. The van der Waals surface area contributed by atoms with Crippen molar-refractivity contribution in [2.24, 2.45) is 5.92 Å². The van der Waals surface area contributed by atoms with Gasteiger partial charge >= 0.3 is 0 Å². The Balaban J connectivity index is 1.69. The zero-order valence-electron chi connectivity index (χ0n) is 15.8. The Hall–Kier alpha value is -2.19. The van der Waals surface area contributed by atoms with Gasteiger partial charge in [-0.2, -0.15) is 4.98 Å². The maximum absolute atomic E-state index is 12.7. The molecule has 8 heteroatoms. The number of rotatable bonds is 7. The summed E-state index contributed by atoms with van der Waals surface area (Å²) < 4.78 is 6.46. The van der Waals surface area contributed by atoms with Gasteiger partial charge < -0.3 is 9.84 Å². The van der Waals surface area contributed by atoms with Gasteiger partial charge in [0.2, 0.25) is 17.6 Å². The van der Waals surface area contributed by atoms with Gasteiger partial charge in [0.1, 0.15) is 6.04 Å². The number of thioether (sulfide) groups is 1. The number of aromatic nitrogens is 3. The van der Waals surface area contributed by atoms with Crippen LogP contribution in [0.1, 0.15) is 32.7 Å². The highest BCUT2D eigenvalue weighted by atomic mass is 79.9. The first-order chi connectivity index (χ1) is 13.4. The van der Waals surface area contributed by atoms with E-state index in [1.54, 1.807) is 12.4 Å². The van der Waals surface area contributed by atoms with Crippen LogP contribution in [-0.2, 0) is 4.79 Å². The quantitative estimate of drug-likeness (QED) is 0.505. The molecule has 0 aliphatic heterocycles. The fraction of sp³-hybridized carbons (Fsp3) is 0.300. The summed E-state index contributed by atoms with van der Waals surface area (Å²) in [6, 6.07) is 11.2. The molecule has 1 amide bonds. The highest BCUT2D eigenvalue weighted by Crippen LogP contribution is 2.27. The van der Waals surface area contributed by atoms with Crippen LogP contribution in [0, 0.1) is 5.92 Å². The number of hydrogen-bond acceptors (Lipinski definition) is 6. The minimum atomic E-state index is -0.358. The zero-order valence-corrected chi connectivity index (χ0v) is 18.2. The number of pyridine rings is 1. The molecule has 0 aliphatic carbocycles. The van der Waals surface area contributed by atoms with Gasteiger partial charge in [0.15, 0.2) is 0 Å². The predicted molar refractivity (Wildman–Crippen MR) is 113 cm³/mol. The van der Waals surface area contributed by atoms with Crippen molar-refractivity contribution < 1.29 is 9.32 Å². The van der Waals surface area contributed by atoms with Gasteiger partial charge in [-0.25, -0.2) is 0 Å². The van der Waals surface area contributed by atoms with Crippen LogP contribution in [0.25, 0.3) is 11.4 Å². The number of halogens is 1. The average molecular weight is 461 g/mol. The molecular weight excluding hydrogens is 440 g/mol. The zero-order chi connectivity index (χ0) is 20.1. The highest BCUT2D eigenvalue weighted by Gasteiger charge is 2.27. The summed E-state index contributed by atoms with van der Waals surface area (Å²) in [5.74, 6) is 0.903. The second-order valence-electron chi connectivity index (χ2n) is 6.64. The van der Waals surface area contributed by atoms with Crippen LogP contribution >= 0.6 is 27.7 Å². The van der Waals surface area contributed by atoms with E-state index in [0.717, 1.165) is 14.9 Å². The molecule has 3 rings (SSSR count). The molecule has 2 unspecified atom stereocenters. The van der Waals surface area contributed by atoms with E-state index in [1.165, 1.54) is 11.8 Å². The molecule has 2 aromatic heterocycles. The molecule has 0 saturated heterocycles. The summed E-state index contributed by atoms with van der Waals surface area (Å²) in [6.07, 6.45) is 3.35. The van der Waals surface area contributed by atoms with Crippen molar-refractivity contribution in [3.63, 3.8) is 0 Å². The van der Waals surface area contributed by atoms with E-state index in [-0.39, 0.29) is 23.1 Å². The molecule has 0 aliphatic rings. The van der Waals surface area contributed by atoms with Crippen LogP contribution in [0.15, 0.2) is 62.7 Å². The number of amides is 1. The summed E-state index contributed by atoms with van der Waals surface area (Å²) in [4.78, 5) is 22.2. The van der Waals surface area contributed by atoms with Gasteiger partial charge in [-0.3, -0.25) is 9.78 Å². The van der Waals surface area contributed by atoms with Gasteiger partial charge in [0.05, 0.1) is 5.25 Å². The lowest BCUT2D eigenvalue weighted by molar-refractivity contribution is -0.121. The lowest BCUT2D eigenvalue weighted by Gasteiger charge is -2.21. The van der Waals surface area contributed by atoms with Gasteiger partial charge in [-0.1, -0.05) is 34.9 Å². The number of benzene rings is 1. The molecule has 0 fully saturated rings. The minimum absolute atomic E-state index is 0.0738. The van der Waals surface area contributed by atoms with Crippen LogP contribution in [0.5, 0.6) is 0 Å². The third-order valence-corrected chi connectivity index (χ3v) is 5.75. The molecule has 6 nitrogen and oxygen atoms in total. The molecule has 0 radical (unpaired) electrons. The van der Waals surface area contributed by atoms with E-state index in [9.17, 15) is 4.79 Å². The third-order valence-electron chi connectivity index (χ3n) is 4.11. The average Bonchev–Trinajstić information content (AvgIpc) is 3.18. The monoisotopic (exact) mass is 460 g/mol. The van der Waals surface area contributed by atoms with Crippen molar-refractivity contribution in [2.45, 2.75) is 37.0 Å². The van der Waals surface area contributed by atoms with Crippen molar-refractivity contribution in [3.05, 3.63) is 59.2 Å². The van der Waals surface area contributed by atoms with Crippen molar-refractivity contribution in [3.8, 4) is 11.4 Å². The smallest absolute Gasteiger partial charge is 0.249 e. The van der Waals surface area contributed by atoms with Crippen molar-refractivity contribution in [1.29, 1.82) is 0 Å². The Kier molecular flexibility index (Phi) is 6.85. The van der Waals surface area contributed by atoms with Crippen LogP contribution in [0.3, 0.4) is 0 Å². The summed E-state index contributed by atoms with van der Waals surface area (Å²) >= 11 is 4.92.